The average molecular weight is 416 g/mol. The number of benzene rings is 1. The van der Waals surface area contributed by atoms with Crippen molar-refractivity contribution >= 4 is 28.3 Å². The lowest BCUT2D eigenvalue weighted by atomic mass is 9.99. The molecule has 8 heteroatoms. The number of hydrogen-bond donors (Lipinski definition) is 2. The van der Waals surface area contributed by atoms with Crippen molar-refractivity contribution in [3.8, 4) is 0 Å². The Labute approximate surface area is 168 Å². The van der Waals surface area contributed by atoms with Gasteiger partial charge in [-0.3, -0.25) is 4.79 Å². The Bertz CT molecular complexity index is 718. The summed E-state index contributed by atoms with van der Waals surface area (Å²) in [5.74, 6) is 0.0549. The van der Waals surface area contributed by atoms with Gasteiger partial charge in [-0.25, -0.2) is 8.42 Å². The molecule has 2 aliphatic heterocycles. The highest BCUT2D eigenvalue weighted by molar-refractivity contribution is 7.89. The standard InChI is InChI=1S/C19H29N3O3S.ClH/c1-15-18(5-4-12-20-15)21-19(23)11-8-16-6-9-17(10-7-16)26(24,25)22-13-2-3-14-22;/h6-7,9-10,15,18,20H,2-5,8,11-14H2,1H3,(H,21,23);1H. The number of piperidine rings is 1. The molecule has 3 rings (SSSR count). The summed E-state index contributed by atoms with van der Waals surface area (Å²) in [7, 11) is -3.36. The summed E-state index contributed by atoms with van der Waals surface area (Å²) < 4.78 is 26.6. The molecule has 0 radical (unpaired) electrons. The number of halogens is 1. The number of aryl methyl sites for hydroxylation is 1. The van der Waals surface area contributed by atoms with E-state index in [9.17, 15) is 13.2 Å². The van der Waals surface area contributed by atoms with Gasteiger partial charge >= 0.3 is 0 Å². The van der Waals surface area contributed by atoms with Crippen molar-refractivity contribution in [1.82, 2.24) is 14.9 Å². The highest BCUT2D eigenvalue weighted by Gasteiger charge is 2.27. The Balaban J connectivity index is 0.00000261. The lowest BCUT2D eigenvalue weighted by molar-refractivity contribution is -0.122. The fourth-order valence-corrected chi connectivity index (χ4v) is 5.20. The Morgan fingerprint density at radius 3 is 2.48 bits per heavy atom. The van der Waals surface area contributed by atoms with E-state index < -0.39 is 10.0 Å². The monoisotopic (exact) mass is 415 g/mol. The molecule has 2 N–H and O–H groups in total. The number of hydrogen-bond acceptors (Lipinski definition) is 4. The molecule has 152 valence electrons. The maximum absolute atomic E-state index is 12.5. The lowest BCUT2D eigenvalue weighted by Gasteiger charge is -2.30. The van der Waals surface area contributed by atoms with Crippen molar-refractivity contribution in [3.63, 3.8) is 0 Å². The Kier molecular flexibility index (Phi) is 8.09. The minimum atomic E-state index is -3.36. The molecule has 1 aromatic rings. The van der Waals surface area contributed by atoms with E-state index in [2.05, 4.69) is 17.6 Å². The Morgan fingerprint density at radius 1 is 1.19 bits per heavy atom. The second-order valence-electron chi connectivity index (χ2n) is 7.31. The first-order valence-corrected chi connectivity index (χ1v) is 11.0. The molecule has 2 heterocycles. The predicted molar refractivity (Wildman–Crippen MR) is 109 cm³/mol. The zero-order chi connectivity index (χ0) is 18.6. The van der Waals surface area contributed by atoms with Crippen LogP contribution in [0.2, 0.25) is 0 Å². The van der Waals surface area contributed by atoms with Crippen molar-refractivity contribution in [1.29, 1.82) is 0 Å². The fourth-order valence-electron chi connectivity index (χ4n) is 3.68. The van der Waals surface area contributed by atoms with Crippen LogP contribution in [0.3, 0.4) is 0 Å². The molecule has 2 atom stereocenters. The largest absolute Gasteiger partial charge is 0.352 e. The summed E-state index contributed by atoms with van der Waals surface area (Å²) in [6, 6.07) is 7.47. The molecule has 0 aromatic heterocycles. The summed E-state index contributed by atoms with van der Waals surface area (Å²) in [6.07, 6.45) is 5.00. The van der Waals surface area contributed by atoms with Gasteiger partial charge in [-0.05, 0) is 63.3 Å². The van der Waals surface area contributed by atoms with Crippen molar-refractivity contribution in [3.05, 3.63) is 29.8 Å². The van der Waals surface area contributed by atoms with Crippen LogP contribution in [0.25, 0.3) is 0 Å². The predicted octanol–water partition coefficient (Wildman–Crippen LogP) is 2.08. The van der Waals surface area contributed by atoms with E-state index in [0.717, 1.165) is 37.8 Å². The van der Waals surface area contributed by atoms with Gasteiger partial charge in [0.15, 0.2) is 0 Å². The van der Waals surface area contributed by atoms with Crippen molar-refractivity contribution in [2.24, 2.45) is 0 Å². The van der Waals surface area contributed by atoms with Gasteiger partial charge < -0.3 is 10.6 Å². The summed E-state index contributed by atoms with van der Waals surface area (Å²) in [5, 5.41) is 6.49. The van der Waals surface area contributed by atoms with Crippen LogP contribution in [0.5, 0.6) is 0 Å². The van der Waals surface area contributed by atoms with Gasteiger partial charge in [0.05, 0.1) is 4.90 Å². The van der Waals surface area contributed by atoms with Gasteiger partial charge in [-0.2, -0.15) is 4.31 Å². The van der Waals surface area contributed by atoms with Crippen molar-refractivity contribution < 1.29 is 13.2 Å². The molecular weight excluding hydrogens is 386 g/mol. The minimum absolute atomic E-state index is 0. The summed E-state index contributed by atoms with van der Waals surface area (Å²) in [6.45, 7) is 4.33. The molecule has 27 heavy (non-hydrogen) atoms. The van der Waals surface area contributed by atoms with Gasteiger partial charge in [0.25, 0.3) is 0 Å². The summed E-state index contributed by atoms with van der Waals surface area (Å²) in [5.41, 5.74) is 0.982. The molecule has 1 amide bonds. The highest BCUT2D eigenvalue weighted by Crippen LogP contribution is 2.21. The molecule has 0 aliphatic carbocycles. The number of nitrogens with one attached hydrogen (secondary N) is 2. The maximum Gasteiger partial charge on any atom is 0.243 e. The van der Waals surface area contributed by atoms with Gasteiger partial charge in [0, 0.05) is 31.6 Å². The van der Waals surface area contributed by atoms with E-state index in [1.807, 2.05) is 12.1 Å². The second kappa shape index (κ2) is 9.87. The van der Waals surface area contributed by atoms with Crippen LogP contribution in [-0.4, -0.2) is 50.3 Å². The highest BCUT2D eigenvalue weighted by atomic mass is 35.5. The van der Waals surface area contributed by atoms with Crippen LogP contribution < -0.4 is 10.6 Å². The van der Waals surface area contributed by atoms with Crippen molar-refractivity contribution in [2.45, 2.75) is 62.4 Å². The number of amides is 1. The molecule has 6 nitrogen and oxygen atoms in total. The topological polar surface area (TPSA) is 78.5 Å². The van der Waals surface area contributed by atoms with E-state index in [4.69, 9.17) is 0 Å². The normalized spacial score (nSPS) is 23.6. The Hall–Kier alpha value is -1.15. The number of rotatable bonds is 6. The first-order chi connectivity index (χ1) is 12.5. The van der Waals surface area contributed by atoms with Crippen LogP contribution in [0.1, 0.15) is 44.6 Å². The van der Waals surface area contributed by atoms with Gasteiger partial charge in [0.2, 0.25) is 15.9 Å². The molecular formula is C19H30ClN3O3S. The molecule has 2 unspecified atom stereocenters. The molecule has 2 saturated heterocycles. The van der Waals surface area contributed by atoms with Gasteiger partial charge in [0.1, 0.15) is 0 Å². The minimum Gasteiger partial charge on any atom is -0.352 e. The zero-order valence-corrected chi connectivity index (χ0v) is 17.4. The smallest absolute Gasteiger partial charge is 0.243 e. The fraction of sp³-hybridized carbons (Fsp3) is 0.632. The molecule has 2 fully saturated rings. The average Bonchev–Trinajstić information content (AvgIpc) is 3.18. The zero-order valence-electron chi connectivity index (χ0n) is 15.8. The number of sulfonamides is 1. The Morgan fingerprint density at radius 2 is 1.85 bits per heavy atom. The van der Waals surface area contributed by atoms with E-state index in [-0.39, 0.29) is 24.4 Å². The van der Waals surface area contributed by atoms with Crippen LogP contribution in [0.4, 0.5) is 0 Å². The van der Waals surface area contributed by atoms with E-state index in [0.29, 0.717) is 36.9 Å². The van der Waals surface area contributed by atoms with Crippen LogP contribution >= 0.6 is 12.4 Å². The van der Waals surface area contributed by atoms with E-state index >= 15 is 0 Å². The lowest BCUT2D eigenvalue weighted by Crippen LogP contribution is -2.51. The van der Waals surface area contributed by atoms with Crippen molar-refractivity contribution in [2.75, 3.05) is 19.6 Å². The quantitative estimate of drug-likeness (QED) is 0.745. The summed E-state index contributed by atoms with van der Waals surface area (Å²) in [4.78, 5) is 12.5. The number of carbonyl (C=O) groups is 1. The molecule has 0 spiro atoms. The number of nitrogens with zero attached hydrogens (tertiary/aromatic N) is 1. The van der Waals surface area contributed by atoms with E-state index in [1.165, 1.54) is 0 Å². The molecule has 1 aromatic carbocycles. The van der Waals surface area contributed by atoms with Gasteiger partial charge in [-0.1, -0.05) is 12.1 Å². The van der Waals surface area contributed by atoms with Gasteiger partial charge in [-0.15, -0.1) is 12.4 Å². The third-order valence-corrected chi connectivity index (χ3v) is 7.29. The third kappa shape index (κ3) is 5.67. The number of carbonyl (C=O) groups excluding carboxylic acids is 1. The third-order valence-electron chi connectivity index (χ3n) is 5.38. The van der Waals surface area contributed by atoms with Crippen LogP contribution in [0, 0.1) is 0 Å². The molecule has 2 aliphatic rings. The SMILES string of the molecule is CC1NCCCC1NC(=O)CCc1ccc(S(=O)(=O)N2CCCC2)cc1.Cl. The van der Waals surface area contributed by atoms with Crippen LogP contribution in [0.15, 0.2) is 29.2 Å². The first-order valence-electron chi connectivity index (χ1n) is 9.58. The first kappa shape index (κ1) is 22.1. The molecule has 0 bridgehead atoms. The second-order valence-corrected chi connectivity index (χ2v) is 9.25. The van der Waals surface area contributed by atoms with E-state index in [1.54, 1.807) is 16.4 Å². The summed E-state index contributed by atoms with van der Waals surface area (Å²) >= 11 is 0. The van der Waals surface area contributed by atoms with Crippen LogP contribution in [-0.2, 0) is 21.2 Å². The maximum atomic E-state index is 12.5. The molecule has 0 saturated carbocycles.